The lowest BCUT2D eigenvalue weighted by atomic mass is 9.95. The molecule has 1 aliphatic rings. The first-order valence-corrected chi connectivity index (χ1v) is 6.42. The highest BCUT2D eigenvalue weighted by Gasteiger charge is 2.54. The third-order valence-electron chi connectivity index (χ3n) is 3.65. The number of hydrogen-bond donors (Lipinski definition) is 4. The SMILES string of the molecule is [N-]=[N+]=NC[C@]1(CO)O[C@@H](c2nc3ncncc3[nH]2)[C@H](O)[C@@H]1O. The zero-order valence-corrected chi connectivity index (χ0v) is 11.2. The van der Waals surface area contributed by atoms with Crippen molar-refractivity contribution in [2.45, 2.75) is 23.9 Å². The van der Waals surface area contributed by atoms with Crippen LogP contribution in [0.4, 0.5) is 0 Å². The fourth-order valence-corrected chi connectivity index (χ4v) is 2.46. The van der Waals surface area contributed by atoms with Crippen molar-refractivity contribution >= 4 is 11.2 Å². The average Bonchev–Trinajstić information content (AvgIpc) is 3.07. The van der Waals surface area contributed by atoms with Gasteiger partial charge in [0.15, 0.2) is 5.65 Å². The maximum absolute atomic E-state index is 10.2. The monoisotopic (exact) mass is 307 g/mol. The van der Waals surface area contributed by atoms with Crippen molar-refractivity contribution in [2.24, 2.45) is 5.11 Å². The fourth-order valence-electron chi connectivity index (χ4n) is 2.46. The van der Waals surface area contributed by atoms with Crippen molar-refractivity contribution in [3.63, 3.8) is 0 Å². The van der Waals surface area contributed by atoms with E-state index in [1.165, 1.54) is 12.5 Å². The quantitative estimate of drug-likeness (QED) is 0.324. The Morgan fingerprint density at radius 3 is 3.00 bits per heavy atom. The van der Waals surface area contributed by atoms with E-state index in [2.05, 4.69) is 30.0 Å². The molecule has 2 aromatic rings. The molecule has 3 heterocycles. The van der Waals surface area contributed by atoms with E-state index in [-0.39, 0.29) is 12.4 Å². The van der Waals surface area contributed by atoms with Crippen LogP contribution in [-0.2, 0) is 4.74 Å². The molecule has 3 rings (SSSR count). The Hall–Kier alpha value is -2.30. The predicted octanol–water partition coefficient (Wildman–Crippen LogP) is -0.813. The molecule has 0 radical (unpaired) electrons. The number of hydrogen-bond acceptors (Lipinski definition) is 8. The molecule has 22 heavy (non-hydrogen) atoms. The summed E-state index contributed by atoms with van der Waals surface area (Å²) in [5, 5.41) is 33.2. The average molecular weight is 307 g/mol. The summed E-state index contributed by atoms with van der Waals surface area (Å²) in [4.78, 5) is 17.4. The number of azide groups is 1. The summed E-state index contributed by atoms with van der Waals surface area (Å²) in [6.07, 6.45) is -0.976. The molecule has 4 N–H and O–H groups in total. The van der Waals surface area contributed by atoms with Gasteiger partial charge in [-0.05, 0) is 5.53 Å². The second-order valence-corrected chi connectivity index (χ2v) is 4.97. The van der Waals surface area contributed by atoms with Gasteiger partial charge in [0.05, 0.1) is 19.3 Å². The zero-order chi connectivity index (χ0) is 15.7. The molecule has 0 bridgehead atoms. The van der Waals surface area contributed by atoms with Gasteiger partial charge in [-0.3, -0.25) is 0 Å². The van der Waals surface area contributed by atoms with Crippen molar-refractivity contribution in [1.82, 2.24) is 19.9 Å². The number of aromatic amines is 1. The van der Waals surface area contributed by atoms with Gasteiger partial charge in [-0.25, -0.2) is 15.0 Å². The molecule has 0 spiro atoms. The first-order chi connectivity index (χ1) is 10.6. The van der Waals surface area contributed by atoms with E-state index in [0.29, 0.717) is 11.2 Å². The Morgan fingerprint density at radius 2 is 2.32 bits per heavy atom. The number of aliphatic hydroxyl groups is 3. The maximum Gasteiger partial charge on any atom is 0.180 e. The van der Waals surface area contributed by atoms with Gasteiger partial charge in [0, 0.05) is 4.91 Å². The van der Waals surface area contributed by atoms with Crippen molar-refractivity contribution in [3.05, 3.63) is 28.8 Å². The molecule has 0 unspecified atom stereocenters. The lowest BCUT2D eigenvalue weighted by Gasteiger charge is -2.27. The van der Waals surface area contributed by atoms with Gasteiger partial charge >= 0.3 is 0 Å². The summed E-state index contributed by atoms with van der Waals surface area (Å²) < 4.78 is 5.58. The predicted molar refractivity (Wildman–Crippen MR) is 71.4 cm³/mol. The standard InChI is InChI=1S/C11H13N7O4/c12-18-15-2-11(3-19)8(21)6(20)7(22-11)10-16-5-1-13-4-14-9(5)17-10/h1,4,6-8,19-21H,2-3H2,(H,13,14,16,17)/t6-,7+,8-,11+/m0/s1. The summed E-state index contributed by atoms with van der Waals surface area (Å²) in [7, 11) is 0. The summed E-state index contributed by atoms with van der Waals surface area (Å²) in [6, 6.07) is 0. The van der Waals surface area contributed by atoms with E-state index in [4.69, 9.17) is 10.3 Å². The molecule has 11 heteroatoms. The smallest absolute Gasteiger partial charge is 0.180 e. The fraction of sp³-hybridized carbons (Fsp3) is 0.545. The number of imidazole rings is 1. The molecule has 0 aromatic carbocycles. The number of H-pyrrole nitrogens is 1. The third-order valence-corrected chi connectivity index (χ3v) is 3.65. The minimum absolute atomic E-state index is 0.235. The molecule has 1 aliphatic heterocycles. The Bertz CT molecular complexity index is 697. The van der Waals surface area contributed by atoms with Gasteiger partial charge in [-0.1, -0.05) is 5.11 Å². The van der Waals surface area contributed by atoms with Crippen molar-refractivity contribution in [1.29, 1.82) is 0 Å². The van der Waals surface area contributed by atoms with Crippen LogP contribution in [0.1, 0.15) is 11.9 Å². The van der Waals surface area contributed by atoms with E-state index in [0.717, 1.165) is 0 Å². The Balaban J connectivity index is 1.96. The summed E-state index contributed by atoms with van der Waals surface area (Å²) in [5.74, 6) is 0.235. The number of ether oxygens (including phenoxy) is 1. The molecule has 0 saturated carbocycles. The van der Waals surface area contributed by atoms with Crippen LogP contribution in [-0.4, -0.2) is 66.2 Å². The van der Waals surface area contributed by atoms with Crippen LogP contribution in [0.5, 0.6) is 0 Å². The van der Waals surface area contributed by atoms with Crippen LogP contribution in [0.3, 0.4) is 0 Å². The normalized spacial score (nSPS) is 31.3. The summed E-state index contributed by atoms with van der Waals surface area (Å²) >= 11 is 0. The maximum atomic E-state index is 10.2. The van der Waals surface area contributed by atoms with Crippen LogP contribution in [0.15, 0.2) is 17.6 Å². The van der Waals surface area contributed by atoms with Crippen molar-refractivity contribution in [2.75, 3.05) is 13.2 Å². The van der Waals surface area contributed by atoms with Gasteiger partial charge in [0.1, 0.15) is 41.6 Å². The molecule has 0 aliphatic carbocycles. The molecular formula is C11H13N7O4. The molecule has 116 valence electrons. The molecule has 0 amide bonds. The zero-order valence-electron chi connectivity index (χ0n) is 11.2. The van der Waals surface area contributed by atoms with E-state index in [1.807, 2.05) is 0 Å². The molecule has 1 saturated heterocycles. The van der Waals surface area contributed by atoms with E-state index < -0.39 is 30.5 Å². The molecule has 2 aromatic heterocycles. The summed E-state index contributed by atoms with van der Waals surface area (Å²) in [6.45, 7) is -0.949. The van der Waals surface area contributed by atoms with E-state index in [9.17, 15) is 15.3 Å². The van der Waals surface area contributed by atoms with Gasteiger partial charge in [0.2, 0.25) is 0 Å². The Kier molecular flexibility index (Phi) is 3.64. The number of rotatable bonds is 4. The van der Waals surface area contributed by atoms with E-state index >= 15 is 0 Å². The van der Waals surface area contributed by atoms with Gasteiger partial charge in [-0.15, -0.1) is 0 Å². The van der Waals surface area contributed by atoms with Crippen LogP contribution < -0.4 is 0 Å². The molecular weight excluding hydrogens is 294 g/mol. The number of nitrogens with zero attached hydrogens (tertiary/aromatic N) is 6. The Morgan fingerprint density at radius 1 is 1.50 bits per heavy atom. The molecule has 1 fully saturated rings. The molecule has 4 atom stereocenters. The topological polar surface area (TPSA) is 173 Å². The lowest BCUT2D eigenvalue weighted by molar-refractivity contribution is -0.106. The van der Waals surface area contributed by atoms with Gasteiger partial charge in [-0.2, -0.15) is 0 Å². The largest absolute Gasteiger partial charge is 0.393 e. The second kappa shape index (κ2) is 5.48. The first kappa shape index (κ1) is 14.6. The highest BCUT2D eigenvalue weighted by molar-refractivity contribution is 5.68. The number of nitrogens with one attached hydrogen (secondary N) is 1. The Labute approximate surface area is 123 Å². The van der Waals surface area contributed by atoms with Crippen LogP contribution in [0.2, 0.25) is 0 Å². The van der Waals surface area contributed by atoms with Crippen molar-refractivity contribution < 1.29 is 20.1 Å². The van der Waals surface area contributed by atoms with Crippen LogP contribution in [0, 0.1) is 0 Å². The second-order valence-electron chi connectivity index (χ2n) is 4.97. The number of aromatic nitrogens is 4. The first-order valence-electron chi connectivity index (χ1n) is 6.42. The molecule has 11 nitrogen and oxygen atoms in total. The van der Waals surface area contributed by atoms with Gasteiger partial charge < -0.3 is 25.0 Å². The third kappa shape index (κ3) is 2.17. The van der Waals surface area contributed by atoms with Gasteiger partial charge in [0.25, 0.3) is 0 Å². The number of aliphatic hydroxyl groups excluding tert-OH is 3. The highest BCUT2D eigenvalue weighted by atomic mass is 16.6. The van der Waals surface area contributed by atoms with Crippen molar-refractivity contribution in [3.8, 4) is 0 Å². The summed E-state index contributed by atoms with van der Waals surface area (Å²) in [5.41, 5.74) is 7.75. The van der Waals surface area contributed by atoms with Crippen LogP contribution >= 0.6 is 0 Å². The van der Waals surface area contributed by atoms with E-state index in [1.54, 1.807) is 0 Å². The number of fused-ring (bicyclic) bond motifs is 1. The lowest BCUT2D eigenvalue weighted by Crippen LogP contribution is -2.48. The van der Waals surface area contributed by atoms with Crippen LogP contribution in [0.25, 0.3) is 21.6 Å². The minimum Gasteiger partial charge on any atom is -0.393 e. The highest BCUT2D eigenvalue weighted by Crippen LogP contribution is 2.39. The minimum atomic E-state index is -1.58.